The maximum atomic E-state index is 2.42. The van der Waals surface area contributed by atoms with Crippen LogP contribution in [-0.2, 0) is 0 Å². The number of aromatic nitrogens is 1. The number of aryl methyl sites for hydroxylation is 1. The number of fused-ring (bicyclic) bond motifs is 5. The standard InChI is InChI=1S/C51H35N/c1-34-21-23-35(24-22-34)38-26-29-48-45(31-38)46-32-40(27-30-49(46)52(48)41-17-9-4-10-18-41)39-25-28-44-47(33-39)51(37-15-7-3-8-16-37)43-20-12-11-19-42(43)50(44)36-13-5-2-6-14-36/h2-33H,1H3. The molecule has 10 aromatic rings. The zero-order valence-corrected chi connectivity index (χ0v) is 28.9. The van der Waals surface area contributed by atoms with Gasteiger partial charge in [-0.1, -0.05) is 157 Å². The summed E-state index contributed by atoms with van der Waals surface area (Å²) in [4.78, 5) is 0. The van der Waals surface area contributed by atoms with Crippen LogP contribution in [0.2, 0.25) is 0 Å². The molecule has 0 radical (unpaired) electrons. The first-order chi connectivity index (χ1) is 25.7. The van der Waals surface area contributed by atoms with Crippen LogP contribution in [0.3, 0.4) is 0 Å². The minimum atomic E-state index is 1.16. The predicted octanol–water partition coefficient (Wildman–Crippen LogP) is 14.1. The summed E-state index contributed by atoms with van der Waals surface area (Å²) in [6.07, 6.45) is 0. The van der Waals surface area contributed by atoms with E-state index in [1.54, 1.807) is 0 Å². The molecule has 0 bridgehead atoms. The molecule has 0 spiro atoms. The Morgan fingerprint density at radius 3 is 1.25 bits per heavy atom. The molecule has 1 heteroatoms. The van der Waals surface area contributed by atoms with Gasteiger partial charge in [0.05, 0.1) is 11.0 Å². The van der Waals surface area contributed by atoms with E-state index < -0.39 is 0 Å². The van der Waals surface area contributed by atoms with E-state index in [2.05, 4.69) is 206 Å². The lowest BCUT2D eigenvalue weighted by Crippen LogP contribution is -1.93. The van der Waals surface area contributed by atoms with E-state index in [9.17, 15) is 0 Å². The summed E-state index contributed by atoms with van der Waals surface area (Å²) >= 11 is 0. The van der Waals surface area contributed by atoms with Crippen molar-refractivity contribution < 1.29 is 0 Å². The lowest BCUT2D eigenvalue weighted by molar-refractivity contribution is 1.18. The highest BCUT2D eigenvalue weighted by Gasteiger charge is 2.19. The Bertz CT molecular complexity index is 2920. The Balaban J connectivity index is 1.24. The van der Waals surface area contributed by atoms with E-state index in [1.807, 2.05) is 0 Å². The lowest BCUT2D eigenvalue weighted by Gasteiger charge is -2.18. The molecular weight excluding hydrogens is 627 g/mol. The van der Waals surface area contributed by atoms with Gasteiger partial charge in [0, 0.05) is 16.5 Å². The van der Waals surface area contributed by atoms with Gasteiger partial charge in [0.1, 0.15) is 0 Å². The van der Waals surface area contributed by atoms with E-state index in [-0.39, 0.29) is 0 Å². The number of para-hydroxylation sites is 1. The van der Waals surface area contributed by atoms with E-state index in [0.717, 1.165) is 5.69 Å². The first-order valence-corrected chi connectivity index (χ1v) is 18.0. The summed E-state index contributed by atoms with van der Waals surface area (Å²) in [6.45, 7) is 2.14. The van der Waals surface area contributed by atoms with Gasteiger partial charge in [0.2, 0.25) is 0 Å². The first-order valence-electron chi connectivity index (χ1n) is 18.0. The van der Waals surface area contributed by atoms with Gasteiger partial charge in [0.15, 0.2) is 0 Å². The molecule has 1 heterocycles. The monoisotopic (exact) mass is 661 g/mol. The lowest BCUT2D eigenvalue weighted by atomic mass is 9.85. The third-order valence-electron chi connectivity index (χ3n) is 10.6. The van der Waals surface area contributed by atoms with Crippen molar-refractivity contribution in [1.29, 1.82) is 0 Å². The van der Waals surface area contributed by atoms with Crippen molar-refractivity contribution in [3.05, 3.63) is 200 Å². The molecule has 9 aromatic carbocycles. The van der Waals surface area contributed by atoms with Crippen LogP contribution in [0.4, 0.5) is 0 Å². The maximum Gasteiger partial charge on any atom is 0.0541 e. The van der Waals surface area contributed by atoms with Crippen LogP contribution in [0.25, 0.3) is 93.5 Å². The van der Waals surface area contributed by atoms with Crippen LogP contribution in [-0.4, -0.2) is 4.57 Å². The third-order valence-corrected chi connectivity index (χ3v) is 10.6. The Morgan fingerprint density at radius 1 is 0.288 bits per heavy atom. The number of hydrogen-bond acceptors (Lipinski definition) is 0. The molecule has 0 amide bonds. The zero-order chi connectivity index (χ0) is 34.6. The average Bonchev–Trinajstić information content (AvgIpc) is 3.54. The Hall–Kier alpha value is -6.70. The van der Waals surface area contributed by atoms with E-state index in [1.165, 1.54) is 93.4 Å². The molecule has 1 aromatic heterocycles. The van der Waals surface area contributed by atoms with Crippen LogP contribution in [0, 0.1) is 6.92 Å². The number of hydrogen-bond donors (Lipinski definition) is 0. The smallest absolute Gasteiger partial charge is 0.0541 e. The van der Waals surface area contributed by atoms with Crippen molar-refractivity contribution in [3.8, 4) is 50.2 Å². The Kier molecular flexibility index (Phi) is 7.11. The van der Waals surface area contributed by atoms with Crippen LogP contribution in [0.1, 0.15) is 5.56 Å². The molecule has 0 atom stereocenters. The number of rotatable bonds is 5. The highest BCUT2D eigenvalue weighted by atomic mass is 15.0. The van der Waals surface area contributed by atoms with E-state index >= 15 is 0 Å². The molecular formula is C51H35N. The zero-order valence-electron chi connectivity index (χ0n) is 28.9. The predicted molar refractivity (Wildman–Crippen MR) is 222 cm³/mol. The van der Waals surface area contributed by atoms with Crippen LogP contribution in [0.5, 0.6) is 0 Å². The number of benzene rings is 9. The third kappa shape index (κ3) is 4.93. The largest absolute Gasteiger partial charge is 0.309 e. The van der Waals surface area contributed by atoms with Crippen molar-refractivity contribution in [1.82, 2.24) is 4.57 Å². The molecule has 244 valence electrons. The second kappa shape index (κ2) is 12.3. The molecule has 0 aliphatic heterocycles. The van der Waals surface area contributed by atoms with Gasteiger partial charge in [-0.15, -0.1) is 0 Å². The SMILES string of the molecule is Cc1ccc(-c2ccc3c(c2)c2cc(-c4ccc5c(-c6ccccc6)c6ccccc6c(-c6ccccc6)c5c4)ccc2n3-c2ccccc2)cc1. The molecule has 0 aliphatic carbocycles. The van der Waals surface area contributed by atoms with Gasteiger partial charge in [-0.05, 0) is 115 Å². The van der Waals surface area contributed by atoms with Crippen LogP contribution >= 0.6 is 0 Å². The molecule has 10 rings (SSSR count). The van der Waals surface area contributed by atoms with Crippen LogP contribution < -0.4 is 0 Å². The topological polar surface area (TPSA) is 4.93 Å². The minimum absolute atomic E-state index is 1.16. The maximum absolute atomic E-state index is 2.42. The van der Waals surface area contributed by atoms with Gasteiger partial charge in [-0.2, -0.15) is 0 Å². The molecule has 52 heavy (non-hydrogen) atoms. The van der Waals surface area contributed by atoms with Gasteiger partial charge < -0.3 is 4.57 Å². The Labute approximate surface area is 303 Å². The summed E-state index contributed by atoms with van der Waals surface area (Å²) in [5.74, 6) is 0. The molecule has 0 saturated heterocycles. The first kappa shape index (κ1) is 30.2. The Morgan fingerprint density at radius 2 is 0.692 bits per heavy atom. The molecule has 1 nitrogen and oxygen atoms in total. The fraction of sp³-hybridized carbons (Fsp3) is 0.0196. The molecule has 0 aliphatic rings. The highest BCUT2D eigenvalue weighted by molar-refractivity contribution is 6.22. The molecule has 0 N–H and O–H groups in total. The molecule has 0 fully saturated rings. The summed E-state index contributed by atoms with van der Waals surface area (Å²) in [5, 5.41) is 7.56. The van der Waals surface area contributed by atoms with Gasteiger partial charge in [-0.25, -0.2) is 0 Å². The molecule has 0 saturated carbocycles. The summed E-state index contributed by atoms with van der Waals surface area (Å²) in [5.41, 5.74) is 14.7. The quantitative estimate of drug-likeness (QED) is 0.162. The van der Waals surface area contributed by atoms with Crippen molar-refractivity contribution in [2.75, 3.05) is 0 Å². The van der Waals surface area contributed by atoms with Gasteiger partial charge >= 0.3 is 0 Å². The van der Waals surface area contributed by atoms with Crippen molar-refractivity contribution in [3.63, 3.8) is 0 Å². The van der Waals surface area contributed by atoms with Gasteiger partial charge in [0.25, 0.3) is 0 Å². The highest BCUT2D eigenvalue weighted by Crippen LogP contribution is 2.45. The normalized spacial score (nSPS) is 11.6. The summed E-state index contributed by atoms with van der Waals surface area (Å²) < 4.78 is 2.40. The fourth-order valence-electron chi connectivity index (χ4n) is 8.17. The number of nitrogens with zero attached hydrogens (tertiary/aromatic N) is 1. The van der Waals surface area contributed by atoms with Crippen molar-refractivity contribution in [2.45, 2.75) is 6.92 Å². The van der Waals surface area contributed by atoms with Crippen molar-refractivity contribution >= 4 is 43.4 Å². The second-order valence-electron chi connectivity index (χ2n) is 13.8. The van der Waals surface area contributed by atoms with Crippen LogP contribution in [0.15, 0.2) is 194 Å². The average molecular weight is 662 g/mol. The molecule has 0 unspecified atom stereocenters. The minimum Gasteiger partial charge on any atom is -0.309 e. The van der Waals surface area contributed by atoms with Gasteiger partial charge in [-0.3, -0.25) is 0 Å². The van der Waals surface area contributed by atoms with E-state index in [4.69, 9.17) is 0 Å². The fourth-order valence-corrected chi connectivity index (χ4v) is 8.17. The van der Waals surface area contributed by atoms with E-state index in [0.29, 0.717) is 0 Å². The second-order valence-corrected chi connectivity index (χ2v) is 13.8. The summed E-state index contributed by atoms with van der Waals surface area (Å²) in [6, 6.07) is 71.2. The van der Waals surface area contributed by atoms with Crippen molar-refractivity contribution in [2.24, 2.45) is 0 Å². The summed E-state index contributed by atoms with van der Waals surface area (Å²) in [7, 11) is 0.